The Morgan fingerprint density at radius 2 is 1.41 bits per heavy atom. The van der Waals surface area contributed by atoms with Gasteiger partial charge in [-0.3, -0.25) is 0 Å². The molecule has 2 nitrogen and oxygen atoms in total. The summed E-state index contributed by atoms with van der Waals surface area (Å²) in [4.78, 5) is 2.05. The van der Waals surface area contributed by atoms with Crippen molar-refractivity contribution in [2.75, 3.05) is 19.0 Å². The summed E-state index contributed by atoms with van der Waals surface area (Å²) < 4.78 is 21.9. The van der Waals surface area contributed by atoms with Crippen LogP contribution in [0.5, 0.6) is 5.75 Å². The Kier molecular flexibility index (Phi) is 7.51. The molecule has 0 fully saturated rings. The predicted octanol–water partition coefficient (Wildman–Crippen LogP) is 9.20. The first-order valence-electron chi connectivity index (χ1n) is 13.4. The fourth-order valence-electron chi connectivity index (χ4n) is 4.99. The molecule has 1 heterocycles. The van der Waals surface area contributed by atoms with E-state index in [1.54, 1.807) is 12.1 Å². The second-order valence-corrected chi connectivity index (χ2v) is 10.4. The summed E-state index contributed by atoms with van der Waals surface area (Å²) in [6.07, 6.45) is 4.08. The Bertz CT molecular complexity index is 1560. The first-order chi connectivity index (χ1) is 18.9. The normalized spacial score (nSPS) is 15.7. The topological polar surface area (TPSA) is 12.5 Å². The standard InChI is InChI=1S/C30H28FNO.C6H6/c1-20(2)21-9-15-25-22(19-21)10-16-29-26(25)17-18-30(33-29,27-7-5-6-8-28(27)31)23-11-13-24(14-12-23)32(3)4;1-2-4-6-5-3-1/h5-20H,1-4H3;1-6H. The lowest BCUT2D eigenvalue weighted by Gasteiger charge is -2.36. The van der Waals surface area contributed by atoms with E-state index in [1.807, 2.05) is 97.9 Å². The molecule has 0 N–H and O–H groups in total. The van der Waals surface area contributed by atoms with E-state index < -0.39 is 5.60 Å². The second kappa shape index (κ2) is 11.2. The van der Waals surface area contributed by atoms with E-state index in [0.717, 1.165) is 28.0 Å². The lowest BCUT2D eigenvalue weighted by molar-refractivity contribution is 0.156. The Balaban J connectivity index is 0.000000455. The third kappa shape index (κ3) is 5.31. The van der Waals surface area contributed by atoms with Crippen LogP contribution in [0.4, 0.5) is 10.1 Å². The molecule has 0 radical (unpaired) electrons. The zero-order valence-corrected chi connectivity index (χ0v) is 22.9. The van der Waals surface area contributed by atoms with Crippen molar-refractivity contribution >= 4 is 22.5 Å². The molecular formula is C36H34FNO. The van der Waals surface area contributed by atoms with Crippen LogP contribution < -0.4 is 9.64 Å². The number of hydrogen-bond donors (Lipinski definition) is 0. The smallest absolute Gasteiger partial charge is 0.180 e. The lowest BCUT2D eigenvalue weighted by atomic mass is 9.82. The Morgan fingerprint density at radius 3 is 2.03 bits per heavy atom. The summed E-state index contributed by atoms with van der Waals surface area (Å²) in [5, 5.41) is 2.32. The van der Waals surface area contributed by atoms with Crippen LogP contribution in [0.1, 0.15) is 42.0 Å². The number of fused-ring (bicyclic) bond motifs is 3. The van der Waals surface area contributed by atoms with E-state index in [4.69, 9.17) is 4.74 Å². The van der Waals surface area contributed by atoms with Crippen molar-refractivity contribution in [3.63, 3.8) is 0 Å². The van der Waals surface area contributed by atoms with E-state index in [1.165, 1.54) is 17.0 Å². The quantitative estimate of drug-likeness (QED) is 0.237. The van der Waals surface area contributed by atoms with E-state index in [-0.39, 0.29) is 5.82 Å². The summed E-state index contributed by atoms with van der Waals surface area (Å²) in [7, 11) is 4.01. The molecular weight excluding hydrogens is 481 g/mol. The lowest BCUT2D eigenvalue weighted by Crippen LogP contribution is -2.35. The van der Waals surface area contributed by atoms with Gasteiger partial charge in [-0.2, -0.15) is 0 Å². The van der Waals surface area contributed by atoms with Crippen LogP contribution in [-0.4, -0.2) is 14.1 Å². The van der Waals surface area contributed by atoms with Crippen LogP contribution in [0.25, 0.3) is 16.8 Å². The van der Waals surface area contributed by atoms with Gasteiger partial charge in [-0.05, 0) is 58.7 Å². The first kappa shape index (κ1) is 26.2. The van der Waals surface area contributed by atoms with Gasteiger partial charge >= 0.3 is 0 Å². The SMILES string of the molecule is CC(C)c1ccc2c3c(ccc2c1)OC(c1ccc(N(C)C)cc1)(c1ccccc1F)C=C3.c1ccccc1. The number of nitrogens with zero attached hydrogens (tertiary/aromatic N) is 1. The molecule has 5 aromatic rings. The molecule has 0 aromatic heterocycles. The van der Waals surface area contributed by atoms with E-state index in [0.29, 0.717) is 11.5 Å². The van der Waals surface area contributed by atoms with Crippen molar-refractivity contribution < 1.29 is 9.13 Å². The van der Waals surface area contributed by atoms with Gasteiger partial charge in [-0.1, -0.05) is 105 Å². The highest BCUT2D eigenvalue weighted by Crippen LogP contribution is 2.45. The van der Waals surface area contributed by atoms with Gasteiger partial charge in [0, 0.05) is 36.5 Å². The van der Waals surface area contributed by atoms with E-state index >= 15 is 4.39 Å². The summed E-state index contributed by atoms with van der Waals surface area (Å²) in [6, 6.07) is 37.7. The zero-order chi connectivity index (χ0) is 27.4. The summed E-state index contributed by atoms with van der Waals surface area (Å²) >= 11 is 0. The monoisotopic (exact) mass is 515 g/mol. The van der Waals surface area contributed by atoms with Gasteiger partial charge in [0.25, 0.3) is 0 Å². The molecule has 0 bridgehead atoms. The van der Waals surface area contributed by atoms with Gasteiger partial charge in [-0.25, -0.2) is 4.39 Å². The minimum absolute atomic E-state index is 0.287. The summed E-state index contributed by atoms with van der Waals surface area (Å²) in [5.74, 6) is 0.933. The molecule has 1 aliphatic heterocycles. The second-order valence-electron chi connectivity index (χ2n) is 10.4. The molecule has 39 heavy (non-hydrogen) atoms. The Hall–Kier alpha value is -4.37. The van der Waals surface area contributed by atoms with Gasteiger partial charge < -0.3 is 9.64 Å². The van der Waals surface area contributed by atoms with Crippen molar-refractivity contribution in [3.8, 4) is 5.75 Å². The predicted molar refractivity (Wildman–Crippen MR) is 162 cm³/mol. The van der Waals surface area contributed by atoms with Crippen molar-refractivity contribution in [2.24, 2.45) is 0 Å². The molecule has 3 heteroatoms. The molecule has 0 amide bonds. The largest absolute Gasteiger partial charge is 0.473 e. The average Bonchev–Trinajstić information content (AvgIpc) is 2.98. The molecule has 5 aromatic carbocycles. The van der Waals surface area contributed by atoms with Crippen LogP contribution in [0, 0.1) is 5.82 Å². The Labute approximate surface area is 231 Å². The van der Waals surface area contributed by atoms with Crippen LogP contribution >= 0.6 is 0 Å². The van der Waals surface area contributed by atoms with E-state index in [9.17, 15) is 0 Å². The molecule has 0 saturated heterocycles. The Morgan fingerprint density at radius 1 is 0.744 bits per heavy atom. The van der Waals surface area contributed by atoms with Gasteiger partial charge in [0.1, 0.15) is 11.6 Å². The molecule has 0 saturated carbocycles. The van der Waals surface area contributed by atoms with Crippen LogP contribution in [-0.2, 0) is 5.60 Å². The average molecular weight is 516 g/mol. The number of rotatable bonds is 4. The molecule has 1 unspecified atom stereocenters. The molecule has 0 aliphatic carbocycles. The maximum absolute atomic E-state index is 15.1. The van der Waals surface area contributed by atoms with Crippen LogP contribution in [0.3, 0.4) is 0 Å². The van der Waals surface area contributed by atoms with Crippen LogP contribution in [0.2, 0.25) is 0 Å². The fraction of sp³-hybridized carbons (Fsp3) is 0.167. The maximum Gasteiger partial charge on any atom is 0.180 e. The zero-order valence-electron chi connectivity index (χ0n) is 22.9. The summed E-state index contributed by atoms with van der Waals surface area (Å²) in [6.45, 7) is 4.40. The number of halogens is 1. The third-order valence-corrected chi connectivity index (χ3v) is 7.22. The first-order valence-corrected chi connectivity index (χ1v) is 13.4. The van der Waals surface area contributed by atoms with Crippen molar-refractivity contribution in [3.05, 3.63) is 149 Å². The van der Waals surface area contributed by atoms with Gasteiger partial charge in [0.15, 0.2) is 5.60 Å². The molecule has 6 rings (SSSR count). The van der Waals surface area contributed by atoms with Gasteiger partial charge in [0.05, 0.1) is 0 Å². The molecule has 1 atom stereocenters. The number of benzene rings is 5. The fourth-order valence-corrected chi connectivity index (χ4v) is 4.99. The van der Waals surface area contributed by atoms with Crippen molar-refractivity contribution in [1.29, 1.82) is 0 Å². The van der Waals surface area contributed by atoms with Gasteiger partial charge in [-0.15, -0.1) is 0 Å². The number of ether oxygens (including phenoxy) is 1. The van der Waals surface area contributed by atoms with Crippen LogP contribution in [0.15, 0.2) is 121 Å². The molecule has 1 aliphatic rings. The minimum Gasteiger partial charge on any atom is -0.473 e. The van der Waals surface area contributed by atoms with Crippen molar-refractivity contribution in [1.82, 2.24) is 0 Å². The number of hydrogen-bond acceptors (Lipinski definition) is 2. The molecule has 0 spiro atoms. The highest BCUT2D eigenvalue weighted by atomic mass is 19.1. The summed E-state index contributed by atoms with van der Waals surface area (Å²) in [5.41, 5.74) is 3.75. The number of anilines is 1. The minimum atomic E-state index is -1.05. The highest BCUT2D eigenvalue weighted by Gasteiger charge is 2.39. The van der Waals surface area contributed by atoms with Crippen molar-refractivity contribution in [2.45, 2.75) is 25.4 Å². The van der Waals surface area contributed by atoms with E-state index in [2.05, 4.69) is 44.2 Å². The maximum atomic E-state index is 15.1. The third-order valence-electron chi connectivity index (χ3n) is 7.22. The highest BCUT2D eigenvalue weighted by molar-refractivity contribution is 5.94. The molecule has 196 valence electrons. The van der Waals surface area contributed by atoms with Gasteiger partial charge in [0.2, 0.25) is 0 Å².